The highest BCUT2D eigenvalue weighted by atomic mass is 35.5. The van der Waals surface area contributed by atoms with Crippen LogP contribution in [0.2, 0.25) is 0 Å². The van der Waals surface area contributed by atoms with Crippen LogP contribution in [-0.4, -0.2) is 144 Å². The third-order valence-corrected chi connectivity index (χ3v) is 31.3. The van der Waals surface area contributed by atoms with Crippen LogP contribution < -0.4 is 60.7 Å². The van der Waals surface area contributed by atoms with Crippen molar-refractivity contribution in [2.45, 2.75) is 241 Å². The average molecular weight is 2140 g/mol. The summed E-state index contributed by atoms with van der Waals surface area (Å²) < 4.78 is 44.2. The maximum absolute atomic E-state index is 13.5. The first kappa shape index (κ1) is 112. The summed E-state index contributed by atoms with van der Waals surface area (Å²) in [6.07, 6.45) is 22.1. The van der Waals surface area contributed by atoms with Crippen molar-refractivity contribution in [2.75, 3.05) is 79.0 Å². The second-order valence-electron chi connectivity index (χ2n) is 35.1. The molecule has 5 aromatic heterocycles. The van der Waals surface area contributed by atoms with E-state index in [1.54, 1.807) is 65.9 Å². The Labute approximate surface area is 874 Å². The highest BCUT2D eigenvalue weighted by Gasteiger charge is 2.42. The monoisotopic (exact) mass is 2140 g/mol. The predicted molar refractivity (Wildman–Crippen MR) is 570 cm³/mol. The number of benzene rings is 5. The molecule has 142 heavy (non-hydrogen) atoms. The number of carbonyl (C=O) groups excluding carboxylic acids is 10. The zero-order valence-electron chi connectivity index (χ0n) is 79.9. The first-order valence-electron chi connectivity index (χ1n) is 48.4. The van der Waals surface area contributed by atoms with Crippen LogP contribution in [0.3, 0.4) is 0 Å². The molecule has 762 valence electrons. The molecule has 5 fully saturated rings. The Bertz CT molecular complexity index is 5520. The zero-order valence-corrected chi connectivity index (χ0v) is 87.7. The Morgan fingerprint density at radius 2 is 0.563 bits per heavy atom. The molecule has 0 bridgehead atoms. The van der Waals surface area contributed by atoms with E-state index in [0.717, 1.165) is 185 Å². The van der Waals surface area contributed by atoms with E-state index >= 15 is 0 Å². The van der Waals surface area contributed by atoms with Crippen LogP contribution in [-0.2, 0) is 54.1 Å². The average Bonchev–Trinajstić information content (AvgIpc) is 1.29. The van der Waals surface area contributed by atoms with E-state index in [9.17, 15) is 66.2 Å². The number of phenols is 1. The molecule has 5 heterocycles. The minimum atomic E-state index is -4.49. The topological polar surface area (TPSA) is 280 Å². The molecule has 0 saturated heterocycles. The van der Waals surface area contributed by atoms with Gasteiger partial charge < -0.3 is 41.3 Å². The molecule has 5 saturated carbocycles. The van der Waals surface area contributed by atoms with Crippen molar-refractivity contribution >= 4 is 208 Å². The lowest BCUT2D eigenvalue weighted by molar-refractivity contribution is -0.137. The fourth-order valence-electron chi connectivity index (χ4n) is 18.4. The van der Waals surface area contributed by atoms with Gasteiger partial charge in [0.05, 0.1) is 12.7 Å². The van der Waals surface area contributed by atoms with Crippen LogP contribution in [0.25, 0.3) is 0 Å². The van der Waals surface area contributed by atoms with Gasteiger partial charge in [-0.05, 0) is 232 Å². The summed E-state index contributed by atoms with van der Waals surface area (Å²) >= 11 is 36.6. The van der Waals surface area contributed by atoms with Crippen molar-refractivity contribution in [3.8, 4) is 11.5 Å². The van der Waals surface area contributed by atoms with Gasteiger partial charge in [0.25, 0.3) is 0 Å². The SMILES string of the molecule is CCN(CC)c1ccc(N(C(=O)CCl)C(C(=O)NC2CCCCC2)c2cccs2)cc1.COc1cccc(N(C(=O)CCl)C(C(=O)NC2CCCCC2)c2cccs2)c1.O=C(NC1CCCCC1)C(c1cccs1)N(C(=O)CCl)c1ccc(C(F)(F)F)cc1.O=C(NC1CCCCC1)C(c1cccs1)N(C(=O)CCl)c1ccc(O)cc1.O=C(NC1CCCCC1)C(c1cccs1)N(C(=O)CCl)c1ccccc1. The van der Waals surface area contributed by atoms with Gasteiger partial charge in [-0.2, -0.15) is 13.2 Å². The molecule has 5 atom stereocenters. The molecule has 0 spiro atoms. The second-order valence-corrected chi connectivity index (χ2v) is 41.3. The third kappa shape index (κ3) is 32.2. The fourth-order valence-corrected chi connectivity index (χ4v) is 23.1. The van der Waals surface area contributed by atoms with Crippen LogP contribution in [0.15, 0.2) is 215 Å². The van der Waals surface area contributed by atoms with E-state index in [-0.39, 0.29) is 118 Å². The van der Waals surface area contributed by atoms with Gasteiger partial charge in [-0.15, -0.1) is 115 Å². The summed E-state index contributed by atoms with van der Waals surface area (Å²) in [6.45, 7) is 6.04. The number of amides is 10. The van der Waals surface area contributed by atoms with E-state index < -0.39 is 53.7 Å². The lowest BCUT2D eigenvalue weighted by Crippen LogP contribution is -2.47. The van der Waals surface area contributed by atoms with Gasteiger partial charge in [0, 0.05) is 108 Å². The maximum Gasteiger partial charge on any atom is 0.416 e. The molecule has 15 rings (SSSR count). The lowest BCUT2D eigenvalue weighted by Gasteiger charge is -2.32. The van der Waals surface area contributed by atoms with Crippen LogP contribution >= 0.6 is 115 Å². The largest absolute Gasteiger partial charge is 0.508 e. The van der Waals surface area contributed by atoms with Gasteiger partial charge in [-0.25, -0.2) is 0 Å². The lowest BCUT2D eigenvalue weighted by atomic mass is 9.95. The van der Waals surface area contributed by atoms with Gasteiger partial charge in [0.15, 0.2) is 0 Å². The molecular weight excluding hydrogens is 2010 g/mol. The molecule has 6 N–H and O–H groups in total. The molecule has 0 radical (unpaired) electrons. The molecule has 5 aliphatic carbocycles. The first-order valence-corrected chi connectivity index (χ1v) is 55.5. The molecular formula is C106H125Cl5F3N11O12S5. The first-order chi connectivity index (χ1) is 68.8. The van der Waals surface area contributed by atoms with Gasteiger partial charge in [0.2, 0.25) is 59.1 Å². The number of rotatable bonds is 34. The highest BCUT2D eigenvalue weighted by molar-refractivity contribution is 7.11. The Balaban J connectivity index is 0.000000170. The van der Waals surface area contributed by atoms with Gasteiger partial charge in [-0.3, -0.25) is 72.4 Å². The standard InChI is InChI=1S/C24H32ClN3O2S.C21H22ClF3N2O2S.C21H25ClN2O3S.C20H23ClN2O3S.C20H23ClN2O2S/c1-3-27(4-2)19-12-14-20(15-13-19)28(22(29)17-25)23(21-11-8-16-31-21)24(30)26-18-9-6-5-7-10-18;22-13-18(28)27(16-10-8-14(9-11-16)21(23,24)25)19(17-7-4-12-30-17)20(29)26-15-5-2-1-3-6-15;1-27-17-10-5-9-16(13-17)24(19(25)14-22)20(18-11-6-12-28-18)21(26)23-15-7-3-2-4-8-15;21-13-18(25)23(15-8-10-16(24)11-9-15)19(17-7-4-12-27-17)20(26)22-14-5-2-1-3-6-14;21-14-18(24)23(16-10-5-2-6-11-16)19(17-12-7-13-26-17)20(25)22-15-8-3-1-4-9-15/h8,11-16,18,23H,3-7,9-10,17H2,1-2H3,(H,26,30);4,7-12,15,19H,1-3,5-6,13H2,(H,26,29);5-6,9-13,15,20H,2-4,7-8,14H2,1H3,(H,23,26);4,7-12,14,19,24H,1-3,5-6,13H2,(H,22,26);2,5-7,10-13,15,19H,1,3-4,8-9,14H2,(H,22,25). The number of phenolic OH excluding ortho intramolecular Hbond substituents is 1. The van der Waals surface area contributed by atoms with Gasteiger partial charge in [-0.1, -0.05) is 151 Å². The van der Waals surface area contributed by atoms with E-state index in [1.165, 1.54) is 126 Å². The number of ether oxygens (including phenoxy) is 1. The van der Waals surface area contributed by atoms with Crippen molar-refractivity contribution in [2.24, 2.45) is 0 Å². The number of anilines is 6. The minimum absolute atomic E-state index is 0.0225. The molecule has 10 aromatic rings. The number of carbonyl (C=O) groups is 10. The van der Waals surface area contributed by atoms with E-state index in [4.69, 9.17) is 62.7 Å². The summed E-state index contributed by atoms with van der Waals surface area (Å²) in [4.78, 5) is 144. The third-order valence-electron chi connectivity index (χ3n) is 25.5. The Morgan fingerprint density at radius 3 is 0.803 bits per heavy atom. The number of halogens is 8. The van der Waals surface area contributed by atoms with Crippen LogP contribution in [0.5, 0.6) is 11.5 Å². The Morgan fingerprint density at radius 1 is 0.324 bits per heavy atom. The molecule has 5 unspecified atom stereocenters. The van der Waals surface area contributed by atoms with Gasteiger partial charge in [0.1, 0.15) is 71.1 Å². The molecule has 5 aromatic carbocycles. The number of nitrogens with one attached hydrogen (secondary N) is 5. The number of alkyl halides is 8. The molecule has 36 heteroatoms. The Kier molecular flexibility index (Phi) is 46.0. The molecule has 0 aliphatic heterocycles. The Hall–Kier alpha value is -10.1. The van der Waals surface area contributed by atoms with Crippen LogP contribution in [0, 0.1) is 0 Å². The van der Waals surface area contributed by atoms with Crippen molar-refractivity contribution in [3.05, 3.63) is 245 Å². The summed E-state index contributed by atoms with van der Waals surface area (Å²) in [5.41, 5.74) is 2.91. The van der Waals surface area contributed by atoms with Crippen molar-refractivity contribution in [1.29, 1.82) is 0 Å². The van der Waals surface area contributed by atoms with E-state index in [0.29, 0.717) is 33.4 Å². The van der Waals surface area contributed by atoms with Gasteiger partial charge >= 0.3 is 6.18 Å². The quantitative estimate of drug-likeness (QED) is 0.0205. The highest BCUT2D eigenvalue weighted by Crippen LogP contribution is 2.41. The molecule has 23 nitrogen and oxygen atoms in total. The number of methoxy groups -OCH3 is 1. The summed E-state index contributed by atoms with van der Waals surface area (Å²) in [5.74, 6) is -3.32. The maximum atomic E-state index is 13.5. The number of hydrogen-bond acceptors (Lipinski definition) is 18. The summed E-state index contributed by atoms with van der Waals surface area (Å²) in [6, 6.07) is 49.9. The van der Waals surface area contributed by atoms with Crippen LogP contribution in [0.1, 0.15) is 235 Å². The smallest absolute Gasteiger partial charge is 0.416 e. The molecule has 10 amide bonds. The predicted octanol–water partition coefficient (Wildman–Crippen LogP) is 24.1. The van der Waals surface area contributed by atoms with Crippen LogP contribution in [0.4, 0.5) is 47.3 Å². The number of nitrogens with zero attached hydrogens (tertiary/aromatic N) is 6. The number of aromatic hydroxyl groups is 1. The van der Waals surface area contributed by atoms with E-state index in [1.807, 2.05) is 125 Å². The molecule has 5 aliphatic rings. The number of para-hydroxylation sites is 1. The van der Waals surface area contributed by atoms with Crippen molar-refractivity contribution in [3.63, 3.8) is 0 Å². The zero-order chi connectivity index (χ0) is 101. The van der Waals surface area contributed by atoms with Crippen molar-refractivity contribution in [1.82, 2.24) is 26.6 Å². The minimum Gasteiger partial charge on any atom is -0.508 e. The summed E-state index contributed by atoms with van der Waals surface area (Å²) in [5, 5.41) is 34.7. The normalized spacial score (nSPS) is 15.8. The van der Waals surface area contributed by atoms with Crippen molar-refractivity contribution < 1.29 is 71.0 Å². The van der Waals surface area contributed by atoms with E-state index in [2.05, 4.69) is 45.3 Å². The number of hydrogen-bond donors (Lipinski definition) is 6. The second kappa shape index (κ2) is 58.2. The number of thiophene rings is 5. The summed E-state index contributed by atoms with van der Waals surface area (Å²) in [7, 11) is 1.57. The fraction of sp³-hybridized carbons (Fsp3) is 0.434.